The van der Waals surface area contributed by atoms with Gasteiger partial charge < -0.3 is 11.1 Å². The zero-order valence-electron chi connectivity index (χ0n) is 9.33. The van der Waals surface area contributed by atoms with E-state index in [9.17, 15) is 0 Å². The van der Waals surface area contributed by atoms with Crippen LogP contribution in [0.2, 0.25) is 5.02 Å². The van der Waals surface area contributed by atoms with Crippen LogP contribution >= 0.6 is 11.6 Å². The van der Waals surface area contributed by atoms with Crippen molar-refractivity contribution in [2.75, 3.05) is 6.54 Å². The molecule has 3 N–H and O–H groups in total. The zero-order valence-corrected chi connectivity index (χ0v) is 10.1. The van der Waals surface area contributed by atoms with E-state index in [0.29, 0.717) is 6.04 Å². The molecule has 1 aromatic carbocycles. The van der Waals surface area contributed by atoms with Gasteiger partial charge in [-0.25, -0.2) is 0 Å². The number of benzene rings is 1. The van der Waals surface area contributed by atoms with Gasteiger partial charge in [-0.2, -0.15) is 0 Å². The fraction of sp³-hybridized carbons (Fsp3) is 0.500. The van der Waals surface area contributed by atoms with Crippen molar-refractivity contribution in [1.82, 2.24) is 5.32 Å². The van der Waals surface area contributed by atoms with Crippen LogP contribution in [-0.2, 0) is 0 Å². The molecule has 1 aromatic rings. The predicted octanol–water partition coefficient (Wildman–Crippen LogP) is 2.73. The fourth-order valence-electron chi connectivity index (χ4n) is 1.37. The van der Waals surface area contributed by atoms with Crippen LogP contribution in [0, 0.1) is 0 Å². The second-order valence-electron chi connectivity index (χ2n) is 3.85. The first-order chi connectivity index (χ1) is 7.13. The van der Waals surface area contributed by atoms with Crippen LogP contribution in [0.4, 0.5) is 0 Å². The highest BCUT2D eigenvalue weighted by molar-refractivity contribution is 6.30. The molecule has 0 aliphatic carbocycles. The molecule has 0 spiro atoms. The van der Waals surface area contributed by atoms with E-state index in [1.807, 2.05) is 18.2 Å². The Hall–Kier alpha value is -0.570. The first kappa shape index (κ1) is 12.5. The average molecular weight is 227 g/mol. The van der Waals surface area contributed by atoms with Crippen LogP contribution in [0.25, 0.3) is 0 Å². The lowest BCUT2D eigenvalue weighted by molar-refractivity contribution is 0.508. The summed E-state index contributed by atoms with van der Waals surface area (Å²) in [6.07, 6.45) is 0.995. The molecule has 3 heteroatoms. The Labute approximate surface area is 96.8 Å². The van der Waals surface area contributed by atoms with Gasteiger partial charge in [0.15, 0.2) is 0 Å². The third-order valence-electron chi connectivity index (χ3n) is 2.56. The number of hydrogen-bond acceptors (Lipinski definition) is 2. The Morgan fingerprint density at radius 2 is 2.20 bits per heavy atom. The summed E-state index contributed by atoms with van der Waals surface area (Å²) in [5, 5.41) is 4.17. The minimum atomic E-state index is 0.228. The number of nitrogens with one attached hydrogen (secondary N) is 1. The summed E-state index contributed by atoms with van der Waals surface area (Å²) >= 11 is 5.93. The molecular formula is C12H19ClN2. The van der Waals surface area contributed by atoms with Crippen LogP contribution in [-0.4, -0.2) is 12.6 Å². The van der Waals surface area contributed by atoms with Crippen LogP contribution in [0.15, 0.2) is 24.3 Å². The first-order valence-corrected chi connectivity index (χ1v) is 5.75. The molecule has 0 aliphatic rings. The SMILES string of the molecule is CCC(N)CNC(C)c1cccc(Cl)c1. The van der Waals surface area contributed by atoms with Gasteiger partial charge in [0.25, 0.3) is 0 Å². The van der Waals surface area contributed by atoms with E-state index in [-0.39, 0.29) is 6.04 Å². The molecule has 0 radical (unpaired) electrons. The lowest BCUT2D eigenvalue weighted by Crippen LogP contribution is -2.34. The topological polar surface area (TPSA) is 38.0 Å². The van der Waals surface area contributed by atoms with Gasteiger partial charge in [0.2, 0.25) is 0 Å². The minimum Gasteiger partial charge on any atom is -0.327 e. The van der Waals surface area contributed by atoms with Crippen molar-refractivity contribution in [1.29, 1.82) is 0 Å². The van der Waals surface area contributed by atoms with Gasteiger partial charge in [-0.15, -0.1) is 0 Å². The van der Waals surface area contributed by atoms with E-state index in [0.717, 1.165) is 18.0 Å². The van der Waals surface area contributed by atoms with Gasteiger partial charge in [-0.1, -0.05) is 30.7 Å². The normalized spacial score (nSPS) is 14.9. The Balaban J connectivity index is 2.50. The maximum atomic E-state index is 5.93. The number of hydrogen-bond donors (Lipinski definition) is 2. The summed E-state index contributed by atoms with van der Waals surface area (Å²) in [5.41, 5.74) is 7.04. The molecule has 0 saturated heterocycles. The number of nitrogens with two attached hydrogens (primary N) is 1. The van der Waals surface area contributed by atoms with E-state index in [4.69, 9.17) is 17.3 Å². The van der Waals surface area contributed by atoms with E-state index in [2.05, 4.69) is 25.2 Å². The van der Waals surface area contributed by atoms with Crippen molar-refractivity contribution in [3.63, 3.8) is 0 Å². The highest BCUT2D eigenvalue weighted by Crippen LogP contribution is 2.17. The van der Waals surface area contributed by atoms with Crippen molar-refractivity contribution >= 4 is 11.6 Å². The van der Waals surface area contributed by atoms with Crippen molar-refractivity contribution in [3.8, 4) is 0 Å². The van der Waals surface area contributed by atoms with Gasteiger partial charge in [0.1, 0.15) is 0 Å². The molecule has 1 rings (SSSR count). The fourth-order valence-corrected chi connectivity index (χ4v) is 1.56. The molecule has 0 aliphatic heterocycles. The van der Waals surface area contributed by atoms with Crippen LogP contribution in [0.3, 0.4) is 0 Å². The lowest BCUT2D eigenvalue weighted by Gasteiger charge is -2.17. The Morgan fingerprint density at radius 3 is 2.80 bits per heavy atom. The zero-order chi connectivity index (χ0) is 11.3. The molecule has 0 amide bonds. The van der Waals surface area contributed by atoms with Gasteiger partial charge in [0, 0.05) is 23.7 Å². The Morgan fingerprint density at radius 1 is 1.47 bits per heavy atom. The molecule has 0 heterocycles. The minimum absolute atomic E-state index is 0.228. The number of rotatable bonds is 5. The van der Waals surface area contributed by atoms with Crippen LogP contribution in [0.1, 0.15) is 31.9 Å². The summed E-state index contributed by atoms with van der Waals surface area (Å²) in [6.45, 7) is 5.05. The summed E-state index contributed by atoms with van der Waals surface area (Å²) < 4.78 is 0. The molecule has 0 bridgehead atoms. The molecule has 2 atom stereocenters. The summed E-state index contributed by atoms with van der Waals surface area (Å²) in [4.78, 5) is 0. The first-order valence-electron chi connectivity index (χ1n) is 5.38. The second kappa shape index (κ2) is 6.11. The highest BCUT2D eigenvalue weighted by atomic mass is 35.5. The summed E-state index contributed by atoms with van der Waals surface area (Å²) in [7, 11) is 0. The van der Waals surface area contributed by atoms with E-state index < -0.39 is 0 Å². The van der Waals surface area contributed by atoms with Gasteiger partial charge in [0.05, 0.1) is 0 Å². The maximum Gasteiger partial charge on any atom is 0.0409 e. The largest absolute Gasteiger partial charge is 0.327 e. The predicted molar refractivity (Wildman–Crippen MR) is 66.1 cm³/mol. The Bertz CT molecular complexity index is 301. The van der Waals surface area contributed by atoms with E-state index >= 15 is 0 Å². The smallest absolute Gasteiger partial charge is 0.0409 e. The highest BCUT2D eigenvalue weighted by Gasteiger charge is 2.06. The van der Waals surface area contributed by atoms with Gasteiger partial charge in [-0.05, 0) is 31.0 Å². The summed E-state index contributed by atoms with van der Waals surface area (Å²) in [6, 6.07) is 8.43. The van der Waals surface area contributed by atoms with Crippen molar-refractivity contribution in [2.24, 2.45) is 5.73 Å². The molecule has 2 nitrogen and oxygen atoms in total. The second-order valence-corrected chi connectivity index (χ2v) is 4.29. The number of halogens is 1. The molecule has 0 aromatic heterocycles. The van der Waals surface area contributed by atoms with Gasteiger partial charge in [-0.3, -0.25) is 0 Å². The van der Waals surface area contributed by atoms with E-state index in [1.165, 1.54) is 5.56 Å². The summed E-state index contributed by atoms with van der Waals surface area (Å²) in [5.74, 6) is 0. The molecule has 84 valence electrons. The van der Waals surface area contributed by atoms with Gasteiger partial charge >= 0.3 is 0 Å². The maximum absolute atomic E-state index is 5.93. The standard InChI is InChI=1S/C12H19ClN2/c1-3-12(14)8-15-9(2)10-5-4-6-11(13)7-10/h4-7,9,12,15H,3,8,14H2,1-2H3. The average Bonchev–Trinajstić information content (AvgIpc) is 2.25. The molecule has 0 saturated carbocycles. The lowest BCUT2D eigenvalue weighted by atomic mass is 10.1. The van der Waals surface area contributed by atoms with Crippen molar-refractivity contribution in [2.45, 2.75) is 32.4 Å². The van der Waals surface area contributed by atoms with Crippen molar-refractivity contribution in [3.05, 3.63) is 34.9 Å². The Kier molecular flexibility index (Phi) is 5.09. The quantitative estimate of drug-likeness (QED) is 0.810. The van der Waals surface area contributed by atoms with E-state index in [1.54, 1.807) is 0 Å². The third kappa shape index (κ3) is 4.20. The van der Waals surface area contributed by atoms with Crippen molar-refractivity contribution < 1.29 is 0 Å². The van der Waals surface area contributed by atoms with Crippen LogP contribution in [0.5, 0.6) is 0 Å². The molecule has 15 heavy (non-hydrogen) atoms. The molecule has 0 fully saturated rings. The monoisotopic (exact) mass is 226 g/mol. The third-order valence-corrected chi connectivity index (χ3v) is 2.79. The molecule has 2 unspecified atom stereocenters. The molecular weight excluding hydrogens is 208 g/mol. The van der Waals surface area contributed by atoms with Crippen LogP contribution < -0.4 is 11.1 Å².